The van der Waals surface area contributed by atoms with Gasteiger partial charge in [0.25, 0.3) is 0 Å². The predicted octanol–water partition coefficient (Wildman–Crippen LogP) is 4.68. The first-order valence-corrected chi connectivity index (χ1v) is 12.7. The molecule has 1 aromatic carbocycles. The van der Waals surface area contributed by atoms with E-state index in [4.69, 9.17) is 0 Å². The number of nitrogens with zero attached hydrogens (tertiary/aromatic N) is 3. The average Bonchev–Trinajstić information content (AvgIpc) is 3.35. The summed E-state index contributed by atoms with van der Waals surface area (Å²) in [5.41, 5.74) is 2.28. The van der Waals surface area contributed by atoms with Gasteiger partial charge in [-0.15, -0.1) is 0 Å². The van der Waals surface area contributed by atoms with Crippen molar-refractivity contribution < 1.29 is 22.8 Å². The number of benzene rings is 1. The minimum atomic E-state index is -1.54. The van der Waals surface area contributed by atoms with E-state index >= 15 is 0 Å². The van der Waals surface area contributed by atoms with Crippen molar-refractivity contribution in [1.82, 2.24) is 19.8 Å². The summed E-state index contributed by atoms with van der Waals surface area (Å²) in [6.45, 7) is 3.07. The lowest BCUT2D eigenvalue weighted by Gasteiger charge is -2.34. The fraction of sp³-hybridized carbons (Fsp3) is 0.393. The van der Waals surface area contributed by atoms with Crippen LogP contribution >= 0.6 is 0 Å². The Balaban J connectivity index is 1.07. The van der Waals surface area contributed by atoms with E-state index in [2.05, 4.69) is 27.1 Å². The first kappa shape index (κ1) is 25.2. The number of piperidine rings is 2. The fourth-order valence-electron chi connectivity index (χ4n) is 5.43. The Labute approximate surface area is 213 Å². The van der Waals surface area contributed by atoms with Crippen LogP contribution in [-0.4, -0.2) is 64.2 Å². The third-order valence-electron chi connectivity index (χ3n) is 7.58. The van der Waals surface area contributed by atoms with E-state index in [-0.39, 0.29) is 23.2 Å². The van der Waals surface area contributed by atoms with E-state index in [1.54, 1.807) is 11.1 Å². The minimum absolute atomic E-state index is 0.0694. The average molecular weight is 511 g/mol. The van der Waals surface area contributed by atoms with Crippen molar-refractivity contribution in [3.8, 4) is 0 Å². The highest BCUT2D eigenvalue weighted by molar-refractivity contribution is 5.92. The van der Waals surface area contributed by atoms with Crippen LogP contribution in [0, 0.1) is 23.4 Å². The molecule has 9 heteroatoms. The van der Waals surface area contributed by atoms with Gasteiger partial charge in [0, 0.05) is 42.9 Å². The van der Waals surface area contributed by atoms with Gasteiger partial charge < -0.3 is 9.88 Å². The van der Waals surface area contributed by atoms with E-state index in [0.717, 1.165) is 43.7 Å². The van der Waals surface area contributed by atoms with Gasteiger partial charge in [0.2, 0.25) is 5.91 Å². The number of hydrogen-bond donors (Lipinski definition) is 1. The van der Waals surface area contributed by atoms with Gasteiger partial charge in [-0.25, -0.2) is 18.2 Å². The Morgan fingerprint density at radius 1 is 1.03 bits per heavy atom. The number of hydrogen-bond acceptors (Lipinski definition) is 4. The number of nitrogens with one attached hydrogen (secondary N) is 1. The van der Waals surface area contributed by atoms with Gasteiger partial charge in [-0.05, 0) is 86.2 Å². The lowest BCUT2D eigenvalue weighted by molar-refractivity contribution is -0.131. The van der Waals surface area contributed by atoms with Crippen LogP contribution in [0.15, 0.2) is 42.7 Å². The number of amides is 1. The molecule has 1 N–H and O–H groups in total. The van der Waals surface area contributed by atoms with Gasteiger partial charge >= 0.3 is 0 Å². The molecule has 0 saturated carbocycles. The molecule has 2 aromatic heterocycles. The summed E-state index contributed by atoms with van der Waals surface area (Å²) in [5, 5.41) is 1.17. The number of carbonyl (C=O) groups excluding carboxylic acids is 2. The van der Waals surface area contributed by atoms with E-state index < -0.39 is 17.5 Å². The lowest BCUT2D eigenvalue weighted by atomic mass is 9.88. The third kappa shape index (κ3) is 5.61. The van der Waals surface area contributed by atoms with Gasteiger partial charge in [-0.1, -0.05) is 0 Å². The maximum atomic E-state index is 13.4. The molecule has 2 aliphatic rings. The Morgan fingerprint density at radius 2 is 1.73 bits per heavy atom. The van der Waals surface area contributed by atoms with Crippen molar-refractivity contribution in [3.63, 3.8) is 0 Å². The number of rotatable bonds is 6. The zero-order valence-corrected chi connectivity index (χ0v) is 20.4. The summed E-state index contributed by atoms with van der Waals surface area (Å²) in [6, 6.07) is 5.73. The van der Waals surface area contributed by atoms with Gasteiger partial charge in [0.1, 0.15) is 11.4 Å². The standard InChI is InChI=1S/C28H29F3N4O2/c29-23-14-18(15-24(30)27(23)31)3-4-26(37)35-12-7-20(8-13-35)25(36)17-34-10-5-19(6-11-34)22-16-33-28-21(22)2-1-9-32-28/h1-4,9,14-16,19-20H,5-8,10-13,17H2,(H,32,33). The molecule has 2 aliphatic heterocycles. The number of halogens is 3. The van der Waals surface area contributed by atoms with Gasteiger partial charge in [0.05, 0.1) is 6.54 Å². The monoisotopic (exact) mass is 510 g/mol. The number of carbonyl (C=O) groups is 2. The Hall–Kier alpha value is -3.46. The largest absolute Gasteiger partial charge is 0.346 e. The molecule has 5 rings (SSSR count). The molecule has 6 nitrogen and oxygen atoms in total. The van der Waals surface area contributed by atoms with E-state index in [0.29, 0.717) is 38.4 Å². The maximum Gasteiger partial charge on any atom is 0.246 e. The number of fused-ring (bicyclic) bond motifs is 1. The molecule has 1 amide bonds. The molecule has 0 radical (unpaired) electrons. The van der Waals surface area contributed by atoms with Crippen molar-refractivity contribution >= 4 is 28.8 Å². The predicted molar refractivity (Wildman–Crippen MR) is 134 cm³/mol. The quantitative estimate of drug-likeness (QED) is 0.386. The Bertz CT molecular complexity index is 1300. The molecule has 0 spiro atoms. The SMILES string of the molecule is O=C(CN1CCC(c2c[nH]c3ncccc23)CC1)C1CCN(C(=O)C=Cc2cc(F)c(F)c(F)c2)CC1. The Kier molecular flexibility index (Phi) is 7.41. The van der Waals surface area contributed by atoms with Crippen molar-refractivity contribution in [3.05, 3.63) is 71.3 Å². The normalized spacial score (nSPS) is 18.2. The summed E-state index contributed by atoms with van der Waals surface area (Å²) in [5.74, 6) is -3.84. The number of Topliss-reactive ketones (excluding diaryl/α,β-unsaturated/α-hetero) is 1. The molecule has 2 fully saturated rings. The topological polar surface area (TPSA) is 69.3 Å². The summed E-state index contributed by atoms with van der Waals surface area (Å²) < 4.78 is 39.8. The fourth-order valence-corrected chi connectivity index (χ4v) is 5.43. The first-order chi connectivity index (χ1) is 17.9. The highest BCUT2D eigenvalue weighted by Crippen LogP contribution is 2.32. The van der Waals surface area contributed by atoms with Crippen LogP contribution in [0.25, 0.3) is 17.1 Å². The molecule has 2 saturated heterocycles. The first-order valence-electron chi connectivity index (χ1n) is 12.7. The van der Waals surface area contributed by atoms with Crippen LogP contribution < -0.4 is 0 Å². The van der Waals surface area contributed by atoms with Crippen LogP contribution in [0.2, 0.25) is 0 Å². The molecule has 4 heterocycles. The second-order valence-corrected chi connectivity index (χ2v) is 9.89. The number of aromatic amines is 1. The molecule has 0 unspecified atom stereocenters. The maximum absolute atomic E-state index is 13.4. The third-order valence-corrected chi connectivity index (χ3v) is 7.58. The molecule has 3 aromatic rings. The number of pyridine rings is 1. The van der Waals surface area contributed by atoms with Crippen molar-refractivity contribution in [2.75, 3.05) is 32.7 Å². The van der Waals surface area contributed by atoms with Crippen LogP contribution in [0.5, 0.6) is 0 Å². The smallest absolute Gasteiger partial charge is 0.246 e. The zero-order valence-electron chi connectivity index (χ0n) is 20.4. The molecule has 194 valence electrons. The van der Waals surface area contributed by atoms with Gasteiger partial charge in [0.15, 0.2) is 17.5 Å². The minimum Gasteiger partial charge on any atom is -0.346 e. The van der Waals surface area contributed by atoms with Crippen molar-refractivity contribution in [2.45, 2.75) is 31.6 Å². The molecule has 0 bridgehead atoms. The number of ketones is 1. The Morgan fingerprint density at radius 3 is 2.43 bits per heavy atom. The second kappa shape index (κ2) is 10.9. The summed E-state index contributed by atoms with van der Waals surface area (Å²) in [4.78, 5) is 36.9. The molecule has 0 atom stereocenters. The zero-order chi connectivity index (χ0) is 25.9. The van der Waals surface area contributed by atoms with Crippen LogP contribution in [0.1, 0.15) is 42.7 Å². The summed E-state index contributed by atoms with van der Waals surface area (Å²) in [6.07, 6.45) is 9.51. The number of aromatic nitrogens is 2. The molecular weight excluding hydrogens is 481 g/mol. The van der Waals surface area contributed by atoms with Crippen LogP contribution in [0.4, 0.5) is 13.2 Å². The second-order valence-electron chi connectivity index (χ2n) is 9.89. The van der Waals surface area contributed by atoms with Crippen LogP contribution in [-0.2, 0) is 9.59 Å². The summed E-state index contributed by atoms with van der Waals surface area (Å²) >= 11 is 0. The molecule has 0 aliphatic carbocycles. The van der Waals surface area contributed by atoms with E-state index in [9.17, 15) is 22.8 Å². The number of H-pyrrole nitrogens is 1. The number of likely N-dealkylation sites (tertiary alicyclic amines) is 2. The lowest BCUT2D eigenvalue weighted by Crippen LogP contribution is -2.43. The van der Waals surface area contributed by atoms with Gasteiger partial charge in [-0.2, -0.15) is 0 Å². The van der Waals surface area contributed by atoms with Crippen molar-refractivity contribution in [2.24, 2.45) is 5.92 Å². The summed E-state index contributed by atoms with van der Waals surface area (Å²) in [7, 11) is 0. The molecule has 37 heavy (non-hydrogen) atoms. The highest BCUT2D eigenvalue weighted by Gasteiger charge is 2.29. The van der Waals surface area contributed by atoms with E-state index in [1.807, 2.05) is 6.07 Å². The van der Waals surface area contributed by atoms with E-state index in [1.165, 1.54) is 23.1 Å². The van der Waals surface area contributed by atoms with Crippen molar-refractivity contribution in [1.29, 1.82) is 0 Å². The molecular formula is C28H29F3N4O2. The highest BCUT2D eigenvalue weighted by atomic mass is 19.2. The van der Waals surface area contributed by atoms with Crippen LogP contribution in [0.3, 0.4) is 0 Å². The van der Waals surface area contributed by atoms with Gasteiger partial charge in [-0.3, -0.25) is 14.5 Å².